The molecule has 0 fully saturated rings. The zero-order chi connectivity index (χ0) is 14.2. The highest BCUT2D eigenvalue weighted by Gasteiger charge is 2.04. The summed E-state index contributed by atoms with van der Waals surface area (Å²) in [6.45, 7) is 4.77. The molecule has 0 saturated carbocycles. The van der Waals surface area contributed by atoms with Gasteiger partial charge in [0.1, 0.15) is 18.2 Å². The van der Waals surface area contributed by atoms with Crippen LogP contribution in [0.2, 0.25) is 0 Å². The SMILES string of the molecule is CCNc1cc(NCCn2cccn2)nc(COC)n1. The summed E-state index contributed by atoms with van der Waals surface area (Å²) in [5, 5.41) is 10.6. The highest BCUT2D eigenvalue weighted by molar-refractivity contribution is 5.47. The van der Waals surface area contributed by atoms with E-state index in [9.17, 15) is 0 Å². The summed E-state index contributed by atoms with van der Waals surface area (Å²) >= 11 is 0. The Morgan fingerprint density at radius 1 is 1.25 bits per heavy atom. The Kier molecular flexibility index (Phi) is 5.31. The van der Waals surface area contributed by atoms with Gasteiger partial charge in [-0.25, -0.2) is 9.97 Å². The first kappa shape index (κ1) is 14.3. The molecular weight excluding hydrogens is 256 g/mol. The number of nitrogens with zero attached hydrogens (tertiary/aromatic N) is 4. The number of rotatable bonds is 8. The number of hydrogen-bond donors (Lipinski definition) is 2. The summed E-state index contributed by atoms with van der Waals surface area (Å²) in [7, 11) is 1.63. The average Bonchev–Trinajstić information content (AvgIpc) is 2.92. The molecule has 0 unspecified atom stereocenters. The van der Waals surface area contributed by atoms with Crippen molar-refractivity contribution in [3.05, 3.63) is 30.4 Å². The van der Waals surface area contributed by atoms with Crippen LogP contribution in [0.3, 0.4) is 0 Å². The topological polar surface area (TPSA) is 76.9 Å². The van der Waals surface area contributed by atoms with Gasteiger partial charge >= 0.3 is 0 Å². The van der Waals surface area contributed by atoms with E-state index in [1.165, 1.54) is 0 Å². The number of anilines is 2. The number of hydrogen-bond acceptors (Lipinski definition) is 6. The predicted octanol–water partition coefficient (Wildman–Crippen LogP) is 1.36. The van der Waals surface area contributed by atoms with Crippen LogP contribution in [0.25, 0.3) is 0 Å². The summed E-state index contributed by atoms with van der Waals surface area (Å²) in [6.07, 6.45) is 3.70. The number of methoxy groups -OCH3 is 1. The summed E-state index contributed by atoms with van der Waals surface area (Å²) in [4.78, 5) is 8.77. The largest absolute Gasteiger partial charge is 0.377 e. The Balaban J connectivity index is 1.97. The van der Waals surface area contributed by atoms with Crippen LogP contribution in [0.15, 0.2) is 24.5 Å². The van der Waals surface area contributed by atoms with Gasteiger partial charge < -0.3 is 15.4 Å². The molecule has 7 heteroatoms. The molecule has 0 aliphatic rings. The van der Waals surface area contributed by atoms with Crippen LogP contribution < -0.4 is 10.6 Å². The number of aromatic nitrogens is 4. The van der Waals surface area contributed by atoms with Gasteiger partial charge in [-0.1, -0.05) is 0 Å². The lowest BCUT2D eigenvalue weighted by Crippen LogP contribution is -2.13. The molecule has 0 bridgehead atoms. The van der Waals surface area contributed by atoms with Gasteiger partial charge in [0.25, 0.3) is 0 Å². The van der Waals surface area contributed by atoms with Crippen LogP contribution in [0.1, 0.15) is 12.7 Å². The molecule has 108 valence electrons. The van der Waals surface area contributed by atoms with Gasteiger partial charge in [-0.2, -0.15) is 5.10 Å². The minimum atomic E-state index is 0.396. The molecule has 0 spiro atoms. The van der Waals surface area contributed by atoms with Gasteiger partial charge in [0.2, 0.25) is 0 Å². The predicted molar refractivity (Wildman–Crippen MR) is 77.6 cm³/mol. The minimum absolute atomic E-state index is 0.396. The molecule has 20 heavy (non-hydrogen) atoms. The van der Waals surface area contributed by atoms with Crippen LogP contribution in [0, 0.1) is 0 Å². The summed E-state index contributed by atoms with van der Waals surface area (Å²) in [6, 6.07) is 3.80. The normalized spacial score (nSPS) is 10.5. The first-order valence-corrected chi connectivity index (χ1v) is 6.64. The second kappa shape index (κ2) is 7.44. The number of ether oxygens (including phenoxy) is 1. The van der Waals surface area contributed by atoms with Crippen LogP contribution in [0.4, 0.5) is 11.6 Å². The van der Waals surface area contributed by atoms with Crippen LogP contribution in [-0.2, 0) is 17.9 Å². The lowest BCUT2D eigenvalue weighted by atomic mass is 10.4. The van der Waals surface area contributed by atoms with E-state index in [0.717, 1.165) is 31.3 Å². The van der Waals surface area contributed by atoms with E-state index in [0.29, 0.717) is 12.4 Å². The molecule has 0 saturated heterocycles. The van der Waals surface area contributed by atoms with Crippen molar-refractivity contribution in [3.63, 3.8) is 0 Å². The second-order valence-electron chi connectivity index (χ2n) is 4.21. The van der Waals surface area contributed by atoms with Gasteiger partial charge in [-0.3, -0.25) is 4.68 Å². The maximum Gasteiger partial charge on any atom is 0.158 e. The molecule has 0 aliphatic heterocycles. The van der Waals surface area contributed by atoms with Crippen molar-refractivity contribution in [1.29, 1.82) is 0 Å². The Morgan fingerprint density at radius 3 is 2.70 bits per heavy atom. The Bertz CT molecular complexity index is 489. The van der Waals surface area contributed by atoms with Gasteiger partial charge in [-0.05, 0) is 13.0 Å². The van der Waals surface area contributed by atoms with Gasteiger partial charge in [0, 0.05) is 38.7 Å². The Morgan fingerprint density at radius 2 is 2.05 bits per heavy atom. The van der Waals surface area contributed by atoms with Crippen molar-refractivity contribution >= 4 is 11.6 Å². The monoisotopic (exact) mass is 276 g/mol. The molecule has 7 nitrogen and oxygen atoms in total. The van der Waals surface area contributed by atoms with Crippen molar-refractivity contribution in [2.24, 2.45) is 0 Å². The lowest BCUT2D eigenvalue weighted by Gasteiger charge is -2.10. The van der Waals surface area contributed by atoms with E-state index in [2.05, 4.69) is 25.7 Å². The highest BCUT2D eigenvalue weighted by atomic mass is 16.5. The van der Waals surface area contributed by atoms with Crippen molar-refractivity contribution in [2.45, 2.75) is 20.1 Å². The standard InChI is InChI=1S/C13H20N6O/c1-3-14-11-9-12(18-13(17-11)10-20-2)15-6-8-19-7-4-5-16-19/h4-5,7,9H,3,6,8,10H2,1-2H3,(H2,14,15,17,18). The van der Waals surface area contributed by atoms with Crippen molar-refractivity contribution in [1.82, 2.24) is 19.7 Å². The molecule has 2 aromatic rings. The third-order valence-corrected chi connectivity index (χ3v) is 2.61. The third-order valence-electron chi connectivity index (χ3n) is 2.61. The molecule has 2 rings (SSSR count). The Hall–Kier alpha value is -2.15. The summed E-state index contributed by atoms with van der Waals surface area (Å²) in [5.41, 5.74) is 0. The van der Waals surface area contributed by atoms with Crippen molar-refractivity contribution in [3.8, 4) is 0 Å². The zero-order valence-corrected chi connectivity index (χ0v) is 11.8. The van der Waals surface area contributed by atoms with Crippen LogP contribution in [0.5, 0.6) is 0 Å². The maximum absolute atomic E-state index is 5.08. The fourth-order valence-corrected chi connectivity index (χ4v) is 1.78. The molecule has 2 aromatic heterocycles. The van der Waals surface area contributed by atoms with E-state index >= 15 is 0 Å². The molecule has 0 aromatic carbocycles. The molecule has 2 N–H and O–H groups in total. The molecule has 0 aliphatic carbocycles. The first-order chi connectivity index (χ1) is 9.81. The lowest BCUT2D eigenvalue weighted by molar-refractivity contribution is 0.178. The summed E-state index contributed by atoms with van der Waals surface area (Å²) in [5.74, 6) is 2.25. The summed E-state index contributed by atoms with van der Waals surface area (Å²) < 4.78 is 6.96. The van der Waals surface area contributed by atoms with E-state index in [-0.39, 0.29) is 0 Å². The number of nitrogens with one attached hydrogen (secondary N) is 2. The molecule has 0 amide bonds. The molecule has 0 atom stereocenters. The highest BCUT2D eigenvalue weighted by Crippen LogP contribution is 2.11. The van der Waals surface area contributed by atoms with E-state index < -0.39 is 0 Å². The van der Waals surface area contributed by atoms with Gasteiger partial charge in [0.15, 0.2) is 5.82 Å². The smallest absolute Gasteiger partial charge is 0.158 e. The fourth-order valence-electron chi connectivity index (χ4n) is 1.78. The maximum atomic E-state index is 5.08. The van der Waals surface area contributed by atoms with Crippen molar-refractivity contribution < 1.29 is 4.74 Å². The average molecular weight is 276 g/mol. The van der Waals surface area contributed by atoms with Gasteiger partial charge in [0.05, 0.1) is 6.54 Å². The molecular formula is C13H20N6O. The minimum Gasteiger partial charge on any atom is -0.377 e. The Labute approximate surface area is 118 Å². The van der Waals surface area contributed by atoms with Crippen LogP contribution >= 0.6 is 0 Å². The third kappa shape index (κ3) is 4.20. The van der Waals surface area contributed by atoms with Gasteiger partial charge in [-0.15, -0.1) is 0 Å². The second-order valence-corrected chi connectivity index (χ2v) is 4.21. The van der Waals surface area contributed by atoms with E-state index in [4.69, 9.17) is 4.74 Å². The van der Waals surface area contributed by atoms with Crippen molar-refractivity contribution in [2.75, 3.05) is 30.8 Å². The fraction of sp³-hybridized carbons (Fsp3) is 0.462. The first-order valence-electron chi connectivity index (χ1n) is 6.64. The van der Waals surface area contributed by atoms with E-state index in [1.807, 2.05) is 29.9 Å². The van der Waals surface area contributed by atoms with E-state index in [1.54, 1.807) is 13.3 Å². The zero-order valence-electron chi connectivity index (χ0n) is 11.8. The molecule has 2 heterocycles. The quantitative estimate of drug-likeness (QED) is 0.758. The van der Waals surface area contributed by atoms with Crippen LogP contribution in [-0.4, -0.2) is 39.9 Å². The molecule has 0 radical (unpaired) electrons.